The summed E-state index contributed by atoms with van der Waals surface area (Å²) in [6.07, 6.45) is 4.72. The van der Waals surface area contributed by atoms with Crippen molar-refractivity contribution < 1.29 is 4.39 Å². The van der Waals surface area contributed by atoms with Gasteiger partial charge < -0.3 is 5.73 Å². The van der Waals surface area contributed by atoms with E-state index >= 15 is 0 Å². The number of hydrogen-bond donors (Lipinski definition) is 1. The highest BCUT2D eigenvalue weighted by Gasteiger charge is 2.37. The maximum absolute atomic E-state index is 13.2. The van der Waals surface area contributed by atoms with Crippen LogP contribution in [0.5, 0.6) is 0 Å². The van der Waals surface area contributed by atoms with Gasteiger partial charge in [-0.1, -0.05) is 6.07 Å². The van der Waals surface area contributed by atoms with Crippen molar-refractivity contribution in [2.45, 2.75) is 37.8 Å². The zero-order chi connectivity index (χ0) is 12.7. The first-order chi connectivity index (χ1) is 8.70. The molecule has 98 valence electrons. The minimum atomic E-state index is -0.116. The summed E-state index contributed by atoms with van der Waals surface area (Å²) in [4.78, 5) is 2.43. The molecule has 2 aliphatic rings. The van der Waals surface area contributed by atoms with Gasteiger partial charge in [-0.05, 0) is 61.9 Å². The lowest BCUT2D eigenvalue weighted by Crippen LogP contribution is -2.41. The molecular weight excluding hydrogens is 227 g/mol. The highest BCUT2D eigenvalue weighted by molar-refractivity contribution is 5.35. The van der Waals surface area contributed by atoms with E-state index in [1.807, 2.05) is 6.07 Å². The number of benzene rings is 1. The van der Waals surface area contributed by atoms with Crippen molar-refractivity contribution in [3.63, 3.8) is 0 Å². The zero-order valence-electron chi connectivity index (χ0n) is 10.9. The SMILES string of the molecule is CN(C1CCc2cc(F)ccc21)C(CN)C1CC1. The van der Waals surface area contributed by atoms with Crippen LogP contribution in [-0.4, -0.2) is 24.5 Å². The quantitative estimate of drug-likeness (QED) is 0.887. The monoisotopic (exact) mass is 248 g/mol. The Kier molecular flexibility index (Phi) is 3.12. The third kappa shape index (κ3) is 2.06. The minimum Gasteiger partial charge on any atom is -0.329 e. The van der Waals surface area contributed by atoms with Crippen LogP contribution < -0.4 is 5.73 Å². The summed E-state index contributed by atoms with van der Waals surface area (Å²) in [5.74, 6) is 0.666. The summed E-state index contributed by atoms with van der Waals surface area (Å²) in [7, 11) is 2.18. The Morgan fingerprint density at radius 3 is 2.83 bits per heavy atom. The lowest BCUT2D eigenvalue weighted by atomic mass is 10.0. The predicted molar refractivity (Wildman–Crippen MR) is 70.8 cm³/mol. The highest BCUT2D eigenvalue weighted by atomic mass is 19.1. The van der Waals surface area contributed by atoms with Gasteiger partial charge >= 0.3 is 0 Å². The number of fused-ring (bicyclic) bond motifs is 1. The first kappa shape index (κ1) is 12.1. The second-order valence-corrected chi connectivity index (χ2v) is 5.70. The van der Waals surface area contributed by atoms with E-state index in [4.69, 9.17) is 5.73 Å². The van der Waals surface area contributed by atoms with Gasteiger partial charge in [0.2, 0.25) is 0 Å². The molecular formula is C15H21FN2. The molecule has 0 heterocycles. The normalized spacial score (nSPS) is 24.3. The number of rotatable bonds is 4. The average molecular weight is 248 g/mol. The van der Waals surface area contributed by atoms with E-state index < -0.39 is 0 Å². The molecule has 3 heteroatoms. The smallest absolute Gasteiger partial charge is 0.123 e. The lowest BCUT2D eigenvalue weighted by molar-refractivity contribution is 0.159. The van der Waals surface area contributed by atoms with Gasteiger partial charge in [-0.2, -0.15) is 0 Å². The molecule has 0 saturated heterocycles. The zero-order valence-corrected chi connectivity index (χ0v) is 10.9. The van der Waals surface area contributed by atoms with Crippen LogP contribution in [0.3, 0.4) is 0 Å². The van der Waals surface area contributed by atoms with Crippen LogP contribution in [0.2, 0.25) is 0 Å². The van der Waals surface area contributed by atoms with Crippen molar-refractivity contribution in [1.82, 2.24) is 4.90 Å². The molecule has 1 fully saturated rings. The first-order valence-electron chi connectivity index (χ1n) is 6.91. The number of nitrogens with zero attached hydrogens (tertiary/aromatic N) is 1. The largest absolute Gasteiger partial charge is 0.329 e. The second kappa shape index (κ2) is 4.63. The summed E-state index contributed by atoms with van der Waals surface area (Å²) < 4.78 is 13.2. The number of aryl methyl sites for hydroxylation is 1. The van der Waals surface area contributed by atoms with Crippen LogP contribution in [0, 0.1) is 11.7 Å². The highest BCUT2D eigenvalue weighted by Crippen LogP contribution is 2.41. The average Bonchev–Trinajstić information content (AvgIpc) is 3.09. The predicted octanol–water partition coefficient (Wildman–Crippen LogP) is 2.48. The van der Waals surface area contributed by atoms with Crippen molar-refractivity contribution >= 4 is 0 Å². The Hall–Kier alpha value is -0.930. The third-order valence-corrected chi connectivity index (χ3v) is 4.57. The fourth-order valence-electron chi connectivity index (χ4n) is 3.39. The molecule has 0 spiro atoms. The standard InChI is InChI=1S/C15H21FN2/c1-18(15(9-17)10-2-3-10)14-7-4-11-8-12(16)5-6-13(11)14/h5-6,8,10,14-15H,2-4,7,9,17H2,1H3. The van der Waals surface area contributed by atoms with Gasteiger partial charge in [-0.15, -0.1) is 0 Å². The molecule has 0 amide bonds. The maximum atomic E-state index is 13.2. The van der Waals surface area contributed by atoms with Gasteiger partial charge in [0, 0.05) is 18.6 Å². The van der Waals surface area contributed by atoms with Crippen molar-refractivity contribution in [3.8, 4) is 0 Å². The minimum absolute atomic E-state index is 0.116. The molecule has 0 aliphatic heterocycles. The molecule has 2 atom stereocenters. The fraction of sp³-hybridized carbons (Fsp3) is 0.600. The van der Waals surface area contributed by atoms with E-state index in [-0.39, 0.29) is 5.82 Å². The van der Waals surface area contributed by atoms with Crippen molar-refractivity contribution in [2.24, 2.45) is 11.7 Å². The summed E-state index contributed by atoms with van der Waals surface area (Å²) in [6, 6.07) is 6.15. The van der Waals surface area contributed by atoms with E-state index in [0.717, 1.165) is 25.3 Å². The lowest BCUT2D eigenvalue weighted by Gasteiger charge is -2.33. The molecule has 2 aliphatic carbocycles. The van der Waals surface area contributed by atoms with E-state index in [1.54, 1.807) is 12.1 Å². The molecule has 2 N–H and O–H groups in total. The van der Waals surface area contributed by atoms with Gasteiger partial charge in [0.05, 0.1) is 0 Å². The first-order valence-corrected chi connectivity index (χ1v) is 6.91. The molecule has 1 aromatic carbocycles. The van der Waals surface area contributed by atoms with Gasteiger partial charge in [0.1, 0.15) is 5.82 Å². The molecule has 0 bridgehead atoms. The van der Waals surface area contributed by atoms with E-state index in [1.165, 1.54) is 24.0 Å². The Balaban J connectivity index is 1.82. The summed E-state index contributed by atoms with van der Waals surface area (Å²) in [6.45, 7) is 0.730. The summed E-state index contributed by atoms with van der Waals surface area (Å²) in [5.41, 5.74) is 8.41. The van der Waals surface area contributed by atoms with Gasteiger partial charge in [-0.25, -0.2) is 4.39 Å². The number of halogens is 1. The number of nitrogens with two attached hydrogens (primary N) is 1. The summed E-state index contributed by atoms with van der Waals surface area (Å²) >= 11 is 0. The molecule has 2 unspecified atom stereocenters. The molecule has 3 rings (SSSR count). The van der Waals surface area contributed by atoms with E-state index in [0.29, 0.717) is 12.1 Å². The molecule has 2 nitrogen and oxygen atoms in total. The van der Waals surface area contributed by atoms with Crippen LogP contribution in [0.4, 0.5) is 4.39 Å². The van der Waals surface area contributed by atoms with Gasteiger partial charge in [-0.3, -0.25) is 4.90 Å². The van der Waals surface area contributed by atoms with Crippen LogP contribution in [0.1, 0.15) is 36.4 Å². The maximum Gasteiger partial charge on any atom is 0.123 e. The number of likely N-dealkylation sites (N-methyl/N-ethyl adjacent to an activating group) is 1. The fourth-order valence-corrected chi connectivity index (χ4v) is 3.39. The molecule has 1 saturated carbocycles. The Morgan fingerprint density at radius 1 is 1.39 bits per heavy atom. The molecule has 1 aromatic rings. The van der Waals surface area contributed by atoms with Crippen LogP contribution in [-0.2, 0) is 6.42 Å². The van der Waals surface area contributed by atoms with Crippen LogP contribution in [0.15, 0.2) is 18.2 Å². The Bertz CT molecular complexity index is 442. The topological polar surface area (TPSA) is 29.3 Å². The second-order valence-electron chi connectivity index (χ2n) is 5.70. The third-order valence-electron chi connectivity index (χ3n) is 4.57. The van der Waals surface area contributed by atoms with Gasteiger partial charge in [0.15, 0.2) is 0 Å². The Morgan fingerprint density at radius 2 is 2.17 bits per heavy atom. The van der Waals surface area contributed by atoms with Crippen molar-refractivity contribution in [1.29, 1.82) is 0 Å². The molecule has 18 heavy (non-hydrogen) atoms. The summed E-state index contributed by atoms with van der Waals surface area (Å²) in [5, 5.41) is 0. The van der Waals surface area contributed by atoms with Crippen LogP contribution >= 0.6 is 0 Å². The van der Waals surface area contributed by atoms with Crippen molar-refractivity contribution in [3.05, 3.63) is 35.1 Å². The number of hydrogen-bond acceptors (Lipinski definition) is 2. The van der Waals surface area contributed by atoms with Crippen LogP contribution in [0.25, 0.3) is 0 Å². The Labute approximate surface area is 108 Å². The van der Waals surface area contributed by atoms with E-state index in [9.17, 15) is 4.39 Å². The van der Waals surface area contributed by atoms with Crippen molar-refractivity contribution in [2.75, 3.05) is 13.6 Å². The van der Waals surface area contributed by atoms with E-state index in [2.05, 4.69) is 11.9 Å². The van der Waals surface area contributed by atoms with Gasteiger partial charge in [0.25, 0.3) is 0 Å². The molecule has 0 aromatic heterocycles. The molecule has 0 radical (unpaired) electrons.